The molecule has 0 radical (unpaired) electrons. The van der Waals surface area contributed by atoms with E-state index in [1.165, 1.54) is 6.26 Å². The molecule has 0 saturated carbocycles. The molecule has 106 valence electrons. The molecular formula is C13H21N3O3. The molecule has 1 aromatic rings. The lowest BCUT2D eigenvalue weighted by atomic mass is 10.2. The van der Waals surface area contributed by atoms with E-state index in [0.29, 0.717) is 18.3 Å². The number of nitrogens with zero attached hydrogens (tertiary/aromatic N) is 2. The first-order valence-electron chi connectivity index (χ1n) is 6.46. The largest absolute Gasteiger partial charge is 0.478 e. The summed E-state index contributed by atoms with van der Waals surface area (Å²) < 4.78 is 5.20. The maximum absolute atomic E-state index is 10.7. The fraction of sp³-hybridized carbons (Fsp3) is 0.615. The van der Waals surface area contributed by atoms with Crippen molar-refractivity contribution in [3.63, 3.8) is 0 Å². The van der Waals surface area contributed by atoms with E-state index in [4.69, 9.17) is 9.52 Å². The smallest absolute Gasteiger partial charge is 0.338 e. The van der Waals surface area contributed by atoms with Crippen molar-refractivity contribution in [2.75, 3.05) is 40.3 Å². The zero-order valence-corrected chi connectivity index (χ0v) is 11.4. The fourth-order valence-corrected chi connectivity index (χ4v) is 2.27. The highest BCUT2D eigenvalue weighted by atomic mass is 16.4. The van der Waals surface area contributed by atoms with Crippen molar-refractivity contribution < 1.29 is 14.3 Å². The highest BCUT2D eigenvalue weighted by molar-refractivity contribution is 5.87. The average Bonchev–Trinajstić information content (AvgIpc) is 2.82. The van der Waals surface area contributed by atoms with E-state index in [0.717, 1.165) is 26.2 Å². The second-order valence-corrected chi connectivity index (χ2v) is 5.13. The molecular weight excluding hydrogens is 246 g/mol. The Kier molecular flexibility index (Phi) is 4.57. The lowest BCUT2D eigenvalue weighted by Crippen LogP contribution is -2.53. The van der Waals surface area contributed by atoms with Crippen molar-refractivity contribution in [3.8, 4) is 0 Å². The Hall–Kier alpha value is -1.37. The molecule has 1 atom stereocenters. The second kappa shape index (κ2) is 6.18. The van der Waals surface area contributed by atoms with Crippen molar-refractivity contribution in [3.05, 3.63) is 23.7 Å². The summed E-state index contributed by atoms with van der Waals surface area (Å²) in [4.78, 5) is 15.4. The Morgan fingerprint density at radius 1 is 1.53 bits per heavy atom. The first-order chi connectivity index (χ1) is 9.06. The molecule has 19 heavy (non-hydrogen) atoms. The molecule has 1 unspecified atom stereocenters. The van der Waals surface area contributed by atoms with Crippen LogP contribution in [-0.2, 0) is 6.54 Å². The van der Waals surface area contributed by atoms with Crippen LogP contribution in [0, 0.1) is 0 Å². The van der Waals surface area contributed by atoms with E-state index in [9.17, 15) is 4.79 Å². The molecule has 1 saturated heterocycles. The third-order valence-electron chi connectivity index (χ3n) is 3.56. The lowest BCUT2D eigenvalue weighted by Gasteiger charge is -2.37. The van der Waals surface area contributed by atoms with Crippen LogP contribution in [0.25, 0.3) is 0 Å². The van der Waals surface area contributed by atoms with Crippen LogP contribution < -0.4 is 5.32 Å². The van der Waals surface area contributed by atoms with E-state index in [1.807, 2.05) is 0 Å². The van der Waals surface area contributed by atoms with Gasteiger partial charge >= 0.3 is 5.97 Å². The molecule has 6 heteroatoms. The molecule has 0 spiro atoms. The van der Waals surface area contributed by atoms with Gasteiger partial charge in [-0.1, -0.05) is 0 Å². The van der Waals surface area contributed by atoms with Gasteiger partial charge in [-0.3, -0.25) is 4.90 Å². The number of hydrogen-bond acceptors (Lipinski definition) is 5. The van der Waals surface area contributed by atoms with Crippen LogP contribution in [0.4, 0.5) is 0 Å². The van der Waals surface area contributed by atoms with E-state index < -0.39 is 5.97 Å². The summed E-state index contributed by atoms with van der Waals surface area (Å²) in [5.74, 6) is -0.298. The molecule has 6 nitrogen and oxygen atoms in total. The third kappa shape index (κ3) is 3.79. The van der Waals surface area contributed by atoms with Gasteiger partial charge < -0.3 is 19.7 Å². The number of nitrogens with one attached hydrogen (secondary N) is 1. The number of furan rings is 1. The highest BCUT2D eigenvalue weighted by Gasteiger charge is 2.21. The van der Waals surface area contributed by atoms with Crippen LogP contribution in [-0.4, -0.2) is 67.2 Å². The van der Waals surface area contributed by atoms with E-state index in [2.05, 4.69) is 29.2 Å². The van der Waals surface area contributed by atoms with Gasteiger partial charge in [0.15, 0.2) is 0 Å². The molecule has 0 bridgehead atoms. The average molecular weight is 267 g/mol. The predicted octanol–water partition coefficient (Wildman–Crippen LogP) is 0.313. The second-order valence-electron chi connectivity index (χ2n) is 5.13. The summed E-state index contributed by atoms with van der Waals surface area (Å²) in [6, 6.07) is 2.04. The predicted molar refractivity (Wildman–Crippen MR) is 71.3 cm³/mol. The van der Waals surface area contributed by atoms with Crippen LogP contribution >= 0.6 is 0 Å². The summed E-state index contributed by atoms with van der Waals surface area (Å²) in [6.45, 7) is 4.65. The Bertz CT molecular complexity index is 433. The lowest BCUT2D eigenvalue weighted by molar-refractivity contribution is 0.0696. The van der Waals surface area contributed by atoms with Crippen LogP contribution in [0.5, 0.6) is 0 Å². The quantitative estimate of drug-likeness (QED) is 0.800. The molecule has 1 fully saturated rings. The zero-order valence-electron chi connectivity index (χ0n) is 11.4. The number of carboxylic acids is 1. The third-order valence-corrected chi connectivity index (χ3v) is 3.56. The molecule has 0 aliphatic carbocycles. The van der Waals surface area contributed by atoms with Crippen molar-refractivity contribution in [1.82, 2.24) is 15.1 Å². The standard InChI is InChI=1S/C13H21N3O3/c1-15-3-4-16(2)11(8-15)6-14-7-12-5-10(9-19-12)13(17)18/h5,9,11,14H,3-4,6-8H2,1-2H3,(H,17,18). The number of likely N-dealkylation sites (N-methyl/N-ethyl adjacent to an activating group) is 2. The highest BCUT2D eigenvalue weighted by Crippen LogP contribution is 2.08. The Labute approximate surface area is 113 Å². The van der Waals surface area contributed by atoms with Crippen LogP contribution in [0.3, 0.4) is 0 Å². The van der Waals surface area contributed by atoms with Crippen molar-refractivity contribution >= 4 is 5.97 Å². The maximum atomic E-state index is 10.7. The maximum Gasteiger partial charge on any atom is 0.338 e. The molecule has 1 aliphatic heterocycles. The van der Waals surface area contributed by atoms with Gasteiger partial charge in [-0.25, -0.2) is 4.79 Å². The van der Waals surface area contributed by atoms with Crippen LogP contribution in [0.15, 0.2) is 16.7 Å². The number of carboxylic acid groups (broad SMARTS) is 1. The molecule has 2 N–H and O–H groups in total. The number of hydrogen-bond donors (Lipinski definition) is 2. The summed E-state index contributed by atoms with van der Waals surface area (Å²) >= 11 is 0. The van der Waals surface area contributed by atoms with E-state index in [-0.39, 0.29) is 5.56 Å². The Morgan fingerprint density at radius 3 is 3.00 bits per heavy atom. The topological polar surface area (TPSA) is 69.0 Å². The minimum Gasteiger partial charge on any atom is -0.478 e. The van der Waals surface area contributed by atoms with E-state index in [1.54, 1.807) is 6.07 Å². The van der Waals surface area contributed by atoms with Gasteiger partial charge in [-0.05, 0) is 20.2 Å². The number of aromatic carboxylic acids is 1. The number of piperazine rings is 1. The van der Waals surface area contributed by atoms with Crippen molar-refractivity contribution in [2.24, 2.45) is 0 Å². The molecule has 1 aliphatic rings. The fourth-order valence-electron chi connectivity index (χ4n) is 2.27. The summed E-state index contributed by atoms with van der Waals surface area (Å²) in [5.41, 5.74) is 0.200. The SMILES string of the molecule is CN1CCN(C)C(CNCc2cc(C(=O)O)co2)C1. The zero-order chi connectivity index (χ0) is 13.8. The molecule has 0 amide bonds. The molecule has 2 heterocycles. The summed E-state index contributed by atoms with van der Waals surface area (Å²) in [5, 5.41) is 12.1. The minimum atomic E-state index is -0.955. The van der Waals surface area contributed by atoms with Gasteiger partial charge in [-0.15, -0.1) is 0 Å². The number of carbonyl (C=O) groups is 1. The van der Waals surface area contributed by atoms with Gasteiger partial charge in [-0.2, -0.15) is 0 Å². The first-order valence-corrected chi connectivity index (χ1v) is 6.46. The first kappa shape index (κ1) is 14.0. The van der Waals surface area contributed by atoms with Gasteiger partial charge in [0.25, 0.3) is 0 Å². The molecule has 0 aromatic carbocycles. The Balaban J connectivity index is 1.77. The Morgan fingerprint density at radius 2 is 2.32 bits per heavy atom. The summed E-state index contributed by atoms with van der Waals surface area (Å²) in [7, 11) is 4.26. The van der Waals surface area contributed by atoms with Crippen molar-refractivity contribution in [2.45, 2.75) is 12.6 Å². The monoisotopic (exact) mass is 267 g/mol. The van der Waals surface area contributed by atoms with Gasteiger partial charge in [0, 0.05) is 32.2 Å². The van der Waals surface area contributed by atoms with Gasteiger partial charge in [0.2, 0.25) is 0 Å². The van der Waals surface area contributed by atoms with Gasteiger partial charge in [0.05, 0.1) is 12.1 Å². The molecule has 1 aromatic heterocycles. The van der Waals surface area contributed by atoms with Crippen molar-refractivity contribution in [1.29, 1.82) is 0 Å². The van der Waals surface area contributed by atoms with E-state index >= 15 is 0 Å². The number of rotatable bonds is 5. The van der Waals surface area contributed by atoms with Gasteiger partial charge in [0.1, 0.15) is 12.0 Å². The summed E-state index contributed by atoms with van der Waals surface area (Å²) in [6.07, 6.45) is 1.28. The van der Waals surface area contributed by atoms with Crippen LogP contribution in [0.2, 0.25) is 0 Å². The van der Waals surface area contributed by atoms with Crippen LogP contribution in [0.1, 0.15) is 16.1 Å². The normalized spacial score (nSPS) is 21.7. The minimum absolute atomic E-state index is 0.200. The molecule has 2 rings (SSSR count).